The van der Waals surface area contributed by atoms with Gasteiger partial charge in [-0.1, -0.05) is 56.2 Å². The van der Waals surface area contributed by atoms with Crippen LogP contribution in [-0.2, 0) is 20.8 Å². The van der Waals surface area contributed by atoms with Gasteiger partial charge in [0.25, 0.3) is 5.91 Å². The van der Waals surface area contributed by atoms with E-state index in [4.69, 9.17) is 0 Å². The topological polar surface area (TPSA) is 108 Å². The Bertz CT molecular complexity index is 1060. The van der Waals surface area contributed by atoms with Gasteiger partial charge in [0.1, 0.15) is 11.8 Å². The molecule has 0 aliphatic carbocycles. The third-order valence-corrected chi connectivity index (χ3v) is 6.60. The number of hydrogen-bond donors (Lipinski definition) is 3. The molecule has 0 unspecified atom stereocenters. The first-order valence-electron chi connectivity index (χ1n) is 13.2. The van der Waals surface area contributed by atoms with Crippen molar-refractivity contribution in [2.75, 3.05) is 31.1 Å². The molecule has 1 atom stereocenters. The molecular weight excluding hydrogens is 468 g/mol. The molecule has 0 fully saturated rings. The summed E-state index contributed by atoms with van der Waals surface area (Å²) in [7, 11) is 0. The molecule has 1 heterocycles. The monoisotopic (exact) mass is 506 g/mol. The summed E-state index contributed by atoms with van der Waals surface area (Å²) in [5, 5.41) is 8.35. The number of hydrogen-bond acceptors (Lipinski definition) is 5. The molecule has 3 amide bonds. The van der Waals surface area contributed by atoms with Crippen LogP contribution in [0.2, 0.25) is 0 Å². The predicted octanol–water partition coefficient (Wildman–Crippen LogP) is 3.01. The minimum absolute atomic E-state index is 0.215. The maximum Gasteiger partial charge on any atom is 0.251 e. The van der Waals surface area contributed by atoms with Gasteiger partial charge in [0.05, 0.1) is 6.54 Å². The van der Waals surface area contributed by atoms with E-state index in [2.05, 4.69) is 33.0 Å². The molecule has 0 saturated heterocycles. The van der Waals surface area contributed by atoms with Crippen molar-refractivity contribution >= 4 is 29.2 Å². The van der Waals surface area contributed by atoms with Crippen LogP contribution < -0.4 is 20.9 Å². The fourth-order valence-electron chi connectivity index (χ4n) is 4.47. The predicted molar refractivity (Wildman–Crippen MR) is 144 cm³/mol. The number of anilines is 1. The number of Topliss-reactive ketones (excluding diaryl/α,β-unsaturated/α-hetero) is 1. The molecule has 0 saturated carbocycles. The summed E-state index contributed by atoms with van der Waals surface area (Å²) in [5.74, 6) is -0.762. The number of rotatable bonds is 15. The van der Waals surface area contributed by atoms with Crippen LogP contribution in [0.25, 0.3) is 0 Å². The molecule has 1 aliphatic rings. The molecule has 0 radical (unpaired) electrons. The van der Waals surface area contributed by atoms with Gasteiger partial charge in [-0.3, -0.25) is 19.2 Å². The van der Waals surface area contributed by atoms with Crippen molar-refractivity contribution in [3.05, 3.63) is 65.7 Å². The van der Waals surface area contributed by atoms with E-state index in [1.807, 2.05) is 25.1 Å². The third kappa shape index (κ3) is 9.04. The zero-order valence-electron chi connectivity index (χ0n) is 21.6. The van der Waals surface area contributed by atoms with Crippen molar-refractivity contribution in [3.63, 3.8) is 0 Å². The molecule has 2 aromatic carbocycles. The van der Waals surface area contributed by atoms with E-state index < -0.39 is 11.9 Å². The second-order valence-corrected chi connectivity index (χ2v) is 9.32. The molecule has 198 valence electrons. The number of nitrogens with one attached hydrogen (secondary N) is 3. The number of fused-ring (bicyclic) bond motifs is 1. The Morgan fingerprint density at radius 1 is 0.919 bits per heavy atom. The molecule has 8 nitrogen and oxygen atoms in total. The molecule has 2 aromatic rings. The summed E-state index contributed by atoms with van der Waals surface area (Å²) in [5.41, 5.74) is 2.99. The number of amides is 3. The first kappa shape index (κ1) is 27.9. The molecule has 0 spiro atoms. The average Bonchev–Trinajstić information content (AvgIpc) is 3.34. The lowest BCUT2D eigenvalue weighted by atomic mass is 10.0. The van der Waals surface area contributed by atoms with Crippen LogP contribution in [0.5, 0.6) is 0 Å². The molecule has 37 heavy (non-hydrogen) atoms. The van der Waals surface area contributed by atoms with Crippen LogP contribution in [0.3, 0.4) is 0 Å². The van der Waals surface area contributed by atoms with E-state index >= 15 is 0 Å². The van der Waals surface area contributed by atoms with Gasteiger partial charge in [0, 0.05) is 43.7 Å². The van der Waals surface area contributed by atoms with Crippen molar-refractivity contribution in [3.8, 4) is 0 Å². The highest BCUT2D eigenvalue weighted by atomic mass is 16.2. The number of carbonyl (C=O) groups is 4. The smallest absolute Gasteiger partial charge is 0.251 e. The summed E-state index contributed by atoms with van der Waals surface area (Å²) < 4.78 is 0. The van der Waals surface area contributed by atoms with Crippen molar-refractivity contribution in [2.24, 2.45) is 0 Å². The Labute approximate surface area is 219 Å². The summed E-state index contributed by atoms with van der Waals surface area (Å²) in [6, 6.07) is 16.3. The van der Waals surface area contributed by atoms with E-state index in [1.54, 1.807) is 24.3 Å². The normalized spacial score (nSPS) is 12.9. The average molecular weight is 507 g/mol. The minimum Gasteiger partial charge on any atom is -0.369 e. The van der Waals surface area contributed by atoms with Crippen LogP contribution >= 0.6 is 0 Å². The standard InChI is InChI=1S/C29H38N4O4/c1-2-24(34)14-7-4-8-15-25(32-27(35)21-31-28(36)23-12-5-3-6-13-23)29(37)30-18-20-33-19-17-22-11-9-10-16-26(22)33/h3,5-6,9-13,16,25H,2,4,7-8,14-15,17-21H2,1H3,(H,30,37)(H,31,36)(H,32,35)/t25-/m0/s1. The third-order valence-electron chi connectivity index (χ3n) is 6.60. The van der Waals surface area contributed by atoms with E-state index in [9.17, 15) is 19.2 Å². The van der Waals surface area contributed by atoms with E-state index in [1.165, 1.54) is 11.3 Å². The van der Waals surface area contributed by atoms with Crippen LogP contribution in [0, 0.1) is 0 Å². The van der Waals surface area contributed by atoms with Crippen molar-refractivity contribution in [1.29, 1.82) is 0 Å². The fourth-order valence-corrected chi connectivity index (χ4v) is 4.47. The first-order chi connectivity index (χ1) is 18.0. The van der Waals surface area contributed by atoms with Crippen molar-refractivity contribution in [1.82, 2.24) is 16.0 Å². The molecular formula is C29H38N4O4. The number of benzene rings is 2. The summed E-state index contributed by atoms with van der Waals surface area (Å²) in [6.45, 7) is 3.72. The number of para-hydroxylation sites is 1. The Morgan fingerprint density at radius 2 is 1.68 bits per heavy atom. The lowest BCUT2D eigenvalue weighted by Crippen LogP contribution is -2.50. The van der Waals surface area contributed by atoms with Gasteiger partial charge in [-0.15, -0.1) is 0 Å². The second-order valence-electron chi connectivity index (χ2n) is 9.32. The second kappa shape index (κ2) is 14.8. The molecule has 1 aliphatic heterocycles. The van der Waals surface area contributed by atoms with Gasteiger partial charge in [-0.2, -0.15) is 0 Å². The van der Waals surface area contributed by atoms with Gasteiger partial charge < -0.3 is 20.9 Å². The lowest BCUT2D eigenvalue weighted by Gasteiger charge is -2.22. The zero-order valence-corrected chi connectivity index (χ0v) is 21.6. The molecule has 3 N–H and O–H groups in total. The van der Waals surface area contributed by atoms with E-state index in [0.29, 0.717) is 44.3 Å². The van der Waals surface area contributed by atoms with E-state index in [-0.39, 0.29) is 24.1 Å². The largest absolute Gasteiger partial charge is 0.369 e. The highest BCUT2D eigenvalue weighted by Gasteiger charge is 2.22. The van der Waals surface area contributed by atoms with Crippen molar-refractivity contribution < 1.29 is 19.2 Å². The Morgan fingerprint density at radius 3 is 2.46 bits per heavy atom. The van der Waals surface area contributed by atoms with Gasteiger partial charge in [-0.25, -0.2) is 0 Å². The van der Waals surface area contributed by atoms with Gasteiger partial charge in [0.15, 0.2) is 0 Å². The Hall–Kier alpha value is -3.68. The summed E-state index contributed by atoms with van der Waals surface area (Å²) in [4.78, 5) is 51.6. The minimum atomic E-state index is -0.700. The SMILES string of the molecule is CCC(=O)CCCCC[C@H](NC(=O)CNC(=O)c1ccccc1)C(=O)NCCN1CCc2ccccc21. The molecule has 3 rings (SSSR count). The van der Waals surface area contributed by atoms with Gasteiger partial charge in [-0.05, 0) is 43.0 Å². The molecule has 0 aromatic heterocycles. The highest BCUT2D eigenvalue weighted by molar-refractivity contribution is 5.97. The highest BCUT2D eigenvalue weighted by Crippen LogP contribution is 2.26. The Balaban J connectivity index is 1.48. The number of carbonyl (C=O) groups excluding carboxylic acids is 4. The van der Waals surface area contributed by atoms with Gasteiger partial charge >= 0.3 is 0 Å². The molecule has 8 heteroatoms. The number of unbranched alkanes of at least 4 members (excludes halogenated alkanes) is 2. The van der Waals surface area contributed by atoms with Crippen LogP contribution in [0.1, 0.15) is 61.4 Å². The maximum absolute atomic E-state index is 13.0. The van der Waals surface area contributed by atoms with Crippen LogP contribution in [-0.4, -0.2) is 55.7 Å². The van der Waals surface area contributed by atoms with Crippen LogP contribution in [0.15, 0.2) is 54.6 Å². The van der Waals surface area contributed by atoms with Gasteiger partial charge in [0.2, 0.25) is 11.8 Å². The first-order valence-corrected chi connectivity index (χ1v) is 13.2. The quantitative estimate of drug-likeness (QED) is 0.322. The zero-order chi connectivity index (χ0) is 26.5. The fraction of sp³-hybridized carbons (Fsp3) is 0.448. The summed E-state index contributed by atoms with van der Waals surface area (Å²) >= 11 is 0. The Kier molecular flexibility index (Phi) is 11.1. The molecule has 0 bridgehead atoms. The maximum atomic E-state index is 13.0. The van der Waals surface area contributed by atoms with Crippen molar-refractivity contribution in [2.45, 2.75) is 57.9 Å². The number of nitrogens with zero attached hydrogens (tertiary/aromatic N) is 1. The number of ketones is 1. The summed E-state index contributed by atoms with van der Waals surface area (Å²) in [6.07, 6.45) is 4.84. The lowest BCUT2D eigenvalue weighted by molar-refractivity contribution is -0.128. The van der Waals surface area contributed by atoms with Crippen LogP contribution in [0.4, 0.5) is 5.69 Å². The van der Waals surface area contributed by atoms with E-state index in [0.717, 1.165) is 25.8 Å².